The smallest absolute Gasteiger partial charge is 0.0215 e. The molecule has 2 fully saturated rings. The predicted octanol–water partition coefficient (Wildman–Crippen LogP) is 16.5. The zero-order chi connectivity index (χ0) is 38.9. The van der Waals surface area contributed by atoms with Gasteiger partial charge in [-0.2, -0.15) is 0 Å². The molecule has 2 spiro atoms. The Bertz CT molecular complexity index is 3640. The van der Waals surface area contributed by atoms with Crippen molar-refractivity contribution in [1.29, 1.82) is 0 Å². The highest BCUT2D eigenvalue weighted by atomic mass is 14.5. The molecule has 11 aromatic carbocycles. The Morgan fingerprint density at radius 3 is 1.25 bits per heavy atom. The highest BCUT2D eigenvalue weighted by Crippen LogP contribution is 2.64. The fourth-order valence-corrected chi connectivity index (χ4v) is 13.8. The Kier molecular flexibility index (Phi) is 6.04. The molecule has 0 N–H and O–H groups in total. The van der Waals surface area contributed by atoms with E-state index in [4.69, 9.17) is 0 Å². The molecule has 4 aliphatic rings. The van der Waals surface area contributed by atoms with E-state index >= 15 is 0 Å². The normalized spacial score (nSPS) is 17.1. The number of hydrogen-bond acceptors (Lipinski definition) is 0. The van der Waals surface area contributed by atoms with Crippen molar-refractivity contribution in [2.24, 2.45) is 0 Å². The van der Waals surface area contributed by atoms with Crippen LogP contribution < -0.4 is 0 Å². The van der Waals surface area contributed by atoms with Crippen molar-refractivity contribution in [3.63, 3.8) is 0 Å². The van der Waals surface area contributed by atoms with E-state index in [2.05, 4.69) is 158 Å². The molecule has 15 rings (SSSR count). The fourth-order valence-electron chi connectivity index (χ4n) is 13.8. The van der Waals surface area contributed by atoms with Gasteiger partial charge in [0.25, 0.3) is 0 Å². The minimum absolute atomic E-state index is 0.0715. The molecule has 0 heteroatoms. The Labute approximate surface area is 349 Å². The highest BCUT2D eigenvalue weighted by Gasteiger charge is 2.50. The summed E-state index contributed by atoms with van der Waals surface area (Å²) in [5.41, 5.74) is 17.9. The average Bonchev–Trinajstić information content (AvgIpc) is 4.10. The lowest BCUT2D eigenvalue weighted by atomic mass is 9.73. The van der Waals surface area contributed by atoms with Crippen LogP contribution in [0, 0.1) is 0 Å². The van der Waals surface area contributed by atoms with Gasteiger partial charge in [-0.25, -0.2) is 0 Å². The van der Waals surface area contributed by atoms with Crippen molar-refractivity contribution in [2.75, 3.05) is 0 Å². The molecule has 4 aliphatic carbocycles. The Balaban J connectivity index is 0.909. The topological polar surface area (TPSA) is 0 Å². The Morgan fingerprint density at radius 1 is 0.267 bits per heavy atom. The summed E-state index contributed by atoms with van der Waals surface area (Å²) in [6.45, 7) is 0. The fraction of sp³-hybridized carbons (Fsp3) is 0.167. The minimum atomic E-state index is 0.0715. The quantitative estimate of drug-likeness (QED) is 0.154. The molecular formula is C60H42. The lowest BCUT2D eigenvalue weighted by Gasteiger charge is -2.29. The summed E-state index contributed by atoms with van der Waals surface area (Å²) in [5.74, 6) is 0. The summed E-state index contributed by atoms with van der Waals surface area (Å²) in [4.78, 5) is 0. The summed E-state index contributed by atoms with van der Waals surface area (Å²) >= 11 is 0. The van der Waals surface area contributed by atoms with E-state index in [0.717, 1.165) is 0 Å². The first-order valence-corrected chi connectivity index (χ1v) is 22.5. The maximum absolute atomic E-state index is 2.72. The molecule has 0 aromatic heterocycles. The first-order valence-electron chi connectivity index (χ1n) is 22.5. The van der Waals surface area contributed by atoms with Crippen LogP contribution in [-0.4, -0.2) is 0 Å². The van der Waals surface area contributed by atoms with Gasteiger partial charge in [-0.15, -0.1) is 0 Å². The Morgan fingerprint density at radius 2 is 0.667 bits per heavy atom. The first kappa shape index (κ1) is 32.4. The number of hydrogen-bond donors (Lipinski definition) is 0. The van der Waals surface area contributed by atoms with E-state index in [0.29, 0.717) is 0 Å². The second-order valence-electron chi connectivity index (χ2n) is 19.0. The molecule has 11 aromatic rings. The van der Waals surface area contributed by atoms with Crippen molar-refractivity contribution in [1.82, 2.24) is 0 Å². The van der Waals surface area contributed by atoms with Gasteiger partial charge in [-0.3, -0.25) is 0 Å². The molecule has 2 saturated carbocycles. The van der Waals surface area contributed by atoms with Gasteiger partial charge in [0, 0.05) is 10.8 Å². The van der Waals surface area contributed by atoms with E-state index < -0.39 is 0 Å². The SMILES string of the molecule is c1cc2ccc3ccc(-c4ccc5c(c4)C4(CCCC4)c4cc6c(cc4-5)C4(CCCC4)c4cc(-c5cc7cccc8ccc9cccc5c9c87)ccc4-6)c4ccc(c1)c2c34. The lowest BCUT2D eigenvalue weighted by molar-refractivity contribution is 0.544. The molecule has 0 bridgehead atoms. The van der Waals surface area contributed by atoms with E-state index in [1.54, 1.807) is 22.3 Å². The Hall–Kier alpha value is -6.50. The van der Waals surface area contributed by atoms with Crippen LogP contribution in [0.4, 0.5) is 0 Å². The molecule has 0 unspecified atom stereocenters. The van der Waals surface area contributed by atoms with E-state index in [1.807, 2.05) is 0 Å². The van der Waals surface area contributed by atoms with Crippen LogP contribution >= 0.6 is 0 Å². The molecule has 0 atom stereocenters. The van der Waals surface area contributed by atoms with Crippen LogP contribution in [-0.2, 0) is 10.8 Å². The second-order valence-corrected chi connectivity index (χ2v) is 19.0. The van der Waals surface area contributed by atoms with Crippen molar-refractivity contribution in [3.8, 4) is 44.5 Å². The standard InChI is InChI=1S/C60H42/c1-2-27-59(26-1)51-31-40(43-22-18-39-17-15-35-8-5-9-37-19-25-47(43)58(39)55(35)37)20-23-44(51)49-33-54-50(34-53(49)59)45-24-21-41(32-52(45)60(54)28-3-4-29-60)48-30-42-12-6-10-36-14-16-38-11-7-13-46(48)57(38)56(36)42/h5-25,30-34H,1-4,26-29H2. The zero-order valence-corrected chi connectivity index (χ0v) is 33.7. The molecule has 0 amide bonds. The zero-order valence-electron chi connectivity index (χ0n) is 33.7. The molecular weight excluding hydrogens is 721 g/mol. The van der Waals surface area contributed by atoms with Gasteiger partial charge < -0.3 is 0 Å². The first-order chi connectivity index (χ1) is 29.7. The van der Waals surface area contributed by atoms with Crippen molar-refractivity contribution < 1.29 is 0 Å². The van der Waals surface area contributed by atoms with Gasteiger partial charge in [0.15, 0.2) is 0 Å². The summed E-state index contributed by atoms with van der Waals surface area (Å²) in [6, 6.07) is 62.2. The molecule has 0 saturated heterocycles. The summed E-state index contributed by atoms with van der Waals surface area (Å²) < 4.78 is 0. The highest BCUT2D eigenvalue weighted by molar-refractivity contribution is 6.27. The van der Waals surface area contributed by atoms with Crippen LogP contribution in [0.5, 0.6) is 0 Å². The summed E-state index contributed by atoms with van der Waals surface area (Å²) in [7, 11) is 0. The van der Waals surface area contributed by atoms with Crippen molar-refractivity contribution >= 4 is 64.6 Å². The van der Waals surface area contributed by atoms with Gasteiger partial charge in [0.1, 0.15) is 0 Å². The minimum Gasteiger partial charge on any atom is -0.0610 e. The third kappa shape index (κ3) is 3.90. The van der Waals surface area contributed by atoms with Crippen LogP contribution in [0.25, 0.3) is 109 Å². The van der Waals surface area contributed by atoms with Gasteiger partial charge in [0.2, 0.25) is 0 Å². The summed E-state index contributed by atoms with van der Waals surface area (Å²) in [6.07, 6.45) is 10.1. The van der Waals surface area contributed by atoms with Gasteiger partial charge >= 0.3 is 0 Å². The predicted molar refractivity (Wildman–Crippen MR) is 254 cm³/mol. The van der Waals surface area contributed by atoms with Gasteiger partial charge in [-0.05, 0) is 187 Å². The lowest BCUT2D eigenvalue weighted by Crippen LogP contribution is -2.22. The monoisotopic (exact) mass is 762 g/mol. The average molecular weight is 763 g/mol. The van der Waals surface area contributed by atoms with E-state index in [-0.39, 0.29) is 10.8 Å². The number of rotatable bonds is 2. The molecule has 0 radical (unpaired) electrons. The molecule has 60 heavy (non-hydrogen) atoms. The molecule has 0 nitrogen and oxygen atoms in total. The van der Waals surface area contributed by atoms with Gasteiger partial charge in [0.05, 0.1) is 0 Å². The second kappa shape index (κ2) is 11.2. The van der Waals surface area contributed by atoms with Crippen LogP contribution in [0.3, 0.4) is 0 Å². The molecule has 0 heterocycles. The van der Waals surface area contributed by atoms with Crippen molar-refractivity contribution in [3.05, 3.63) is 180 Å². The molecule has 282 valence electrons. The largest absolute Gasteiger partial charge is 0.0610 e. The van der Waals surface area contributed by atoms with E-state index in [1.165, 1.54) is 161 Å². The third-order valence-electron chi connectivity index (χ3n) is 16.4. The van der Waals surface area contributed by atoms with Crippen LogP contribution in [0.2, 0.25) is 0 Å². The van der Waals surface area contributed by atoms with E-state index in [9.17, 15) is 0 Å². The maximum atomic E-state index is 2.72. The summed E-state index contributed by atoms with van der Waals surface area (Å²) in [5, 5.41) is 16.3. The number of fused-ring (bicyclic) bond motifs is 10. The van der Waals surface area contributed by atoms with Crippen LogP contribution in [0.1, 0.15) is 73.6 Å². The molecule has 0 aliphatic heterocycles. The maximum Gasteiger partial charge on any atom is 0.0215 e. The third-order valence-corrected chi connectivity index (χ3v) is 16.4. The van der Waals surface area contributed by atoms with Gasteiger partial charge in [-0.1, -0.05) is 153 Å². The van der Waals surface area contributed by atoms with Crippen LogP contribution in [0.15, 0.2) is 158 Å². The van der Waals surface area contributed by atoms with Crippen molar-refractivity contribution in [2.45, 2.75) is 62.2 Å². The number of benzene rings is 11.